The molecule has 0 radical (unpaired) electrons. The highest BCUT2D eigenvalue weighted by atomic mass is 32.2. The van der Waals surface area contributed by atoms with E-state index in [9.17, 15) is 8.42 Å². The van der Waals surface area contributed by atoms with Crippen molar-refractivity contribution in [2.24, 2.45) is 5.14 Å². The lowest BCUT2D eigenvalue weighted by molar-refractivity contribution is 0.294. The second kappa shape index (κ2) is 3.65. The molecule has 1 heterocycles. The van der Waals surface area contributed by atoms with E-state index < -0.39 is 10.3 Å². The Bertz CT molecular complexity index is 318. The molecule has 6 nitrogen and oxygen atoms in total. The third-order valence-electron chi connectivity index (χ3n) is 1.13. The summed E-state index contributed by atoms with van der Waals surface area (Å²) in [7, 11) is -3.82. The molecule has 0 aliphatic heterocycles. The maximum absolute atomic E-state index is 10.3. The third-order valence-corrected chi connectivity index (χ3v) is 1.62. The van der Waals surface area contributed by atoms with Gasteiger partial charge < -0.3 is 0 Å². The molecule has 0 unspecified atom stereocenters. The summed E-state index contributed by atoms with van der Waals surface area (Å²) < 4.78 is 26.4. The molecule has 2 N–H and O–H groups in total. The molecule has 68 valence electrons. The van der Waals surface area contributed by atoms with E-state index in [2.05, 4.69) is 14.4 Å². The second-order valence-corrected chi connectivity index (χ2v) is 3.31. The molecule has 0 aliphatic carbocycles. The Kier molecular flexibility index (Phi) is 2.79. The van der Waals surface area contributed by atoms with Crippen LogP contribution in [0.25, 0.3) is 0 Å². The van der Waals surface area contributed by atoms with Gasteiger partial charge in [0.25, 0.3) is 0 Å². The molecule has 0 fully saturated rings. The molecule has 0 saturated carbocycles. The summed E-state index contributed by atoms with van der Waals surface area (Å²) in [5.41, 5.74) is 0. The predicted molar refractivity (Wildman–Crippen MR) is 41.3 cm³/mol. The van der Waals surface area contributed by atoms with Gasteiger partial charge in [0.1, 0.15) is 0 Å². The van der Waals surface area contributed by atoms with Crippen LogP contribution >= 0.6 is 0 Å². The van der Waals surface area contributed by atoms with Crippen molar-refractivity contribution in [2.75, 3.05) is 6.61 Å². The van der Waals surface area contributed by atoms with Gasteiger partial charge in [0, 0.05) is 12.4 Å². The topological polar surface area (TPSA) is 87.2 Å². The lowest BCUT2D eigenvalue weighted by atomic mass is 10.7. The van der Waals surface area contributed by atoms with E-state index in [0.29, 0.717) is 6.54 Å². The molecule has 12 heavy (non-hydrogen) atoms. The van der Waals surface area contributed by atoms with Crippen LogP contribution in [0.15, 0.2) is 18.5 Å². The molecule has 1 aromatic heterocycles. The average molecular weight is 191 g/mol. The third kappa shape index (κ3) is 3.46. The number of nitrogens with two attached hydrogens (primary N) is 1. The molecule has 7 heteroatoms. The van der Waals surface area contributed by atoms with Crippen LogP contribution in [0.4, 0.5) is 0 Å². The summed E-state index contributed by atoms with van der Waals surface area (Å²) in [5.74, 6) is 0. The van der Waals surface area contributed by atoms with E-state index in [1.165, 1.54) is 0 Å². The van der Waals surface area contributed by atoms with E-state index in [1.807, 2.05) is 0 Å². The standard InChI is InChI=1S/C5H9N3O3S/c6-12(9,10)11-5-4-8-3-1-2-7-8/h1-3H,4-5H2,(H2,6,9,10). The molecule has 0 aromatic carbocycles. The average Bonchev–Trinajstić information content (AvgIpc) is 2.36. The molecule has 1 aromatic rings. The molecule has 0 aliphatic rings. The molecule has 0 spiro atoms. The monoisotopic (exact) mass is 191 g/mol. The summed E-state index contributed by atoms with van der Waals surface area (Å²) in [6, 6.07) is 1.73. The zero-order valence-corrected chi connectivity index (χ0v) is 7.07. The van der Waals surface area contributed by atoms with Crippen molar-refractivity contribution in [1.29, 1.82) is 0 Å². The van der Waals surface area contributed by atoms with Crippen LogP contribution in [0.2, 0.25) is 0 Å². The molecule has 1 rings (SSSR count). The van der Waals surface area contributed by atoms with Gasteiger partial charge in [0.15, 0.2) is 0 Å². The van der Waals surface area contributed by atoms with E-state index in [0.717, 1.165) is 0 Å². The predicted octanol–water partition coefficient (Wildman–Crippen LogP) is -0.897. The zero-order valence-electron chi connectivity index (χ0n) is 6.25. The Labute approximate surface area is 70.2 Å². The first-order valence-electron chi connectivity index (χ1n) is 3.22. The fraction of sp³-hybridized carbons (Fsp3) is 0.400. The normalized spacial score (nSPS) is 11.8. The van der Waals surface area contributed by atoms with Crippen molar-refractivity contribution >= 4 is 10.3 Å². The molecule has 0 saturated heterocycles. The second-order valence-electron chi connectivity index (χ2n) is 2.08. The van der Waals surface area contributed by atoms with E-state index >= 15 is 0 Å². The van der Waals surface area contributed by atoms with Gasteiger partial charge in [-0.2, -0.15) is 13.5 Å². The van der Waals surface area contributed by atoms with Crippen LogP contribution in [-0.4, -0.2) is 24.8 Å². The number of aromatic nitrogens is 2. The van der Waals surface area contributed by atoms with Crippen LogP contribution in [0.5, 0.6) is 0 Å². The highest BCUT2D eigenvalue weighted by molar-refractivity contribution is 7.84. The van der Waals surface area contributed by atoms with Crippen molar-refractivity contribution in [2.45, 2.75) is 6.54 Å². The van der Waals surface area contributed by atoms with E-state index in [1.54, 1.807) is 23.1 Å². The van der Waals surface area contributed by atoms with Gasteiger partial charge in [0.2, 0.25) is 0 Å². The molecular weight excluding hydrogens is 182 g/mol. The quantitative estimate of drug-likeness (QED) is 0.668. The maximum Gasteiger partial charge on any atom is 0.333 e. The van der Waals surface area contributed by atoms with Crippen LogP contribution < -0.4 is 5.14 Å². The maximum atomic E-state index is 10.3. The fourth-order valence-electron chi connectivity index (χ4n) is 0.680. The highest BCUT2D eigenvalue weighted by Gasteiger charge is 2.00. The van der Waals surface area contributed by atoms with Crippen LogP contribution in [0.1, 0.15) is 0 Å². The number of nitrogens with zero attached hydrogens (tertiary/aromatic N) is 2. The SMILES string of the molecule is NS(=O)(=O)OCCn1cccn1. The van der Waals surface area contributed by atoms with Gasteiger partial charge in [-0.3, -0.25) is 8.86 Å². The lowest BCUT2D eigenvalue weighted by Gasteiger charge is -2.00. The first kappa shape index (κ1) is 9.17. The fourth-order valence-corrected chi connectivity index (χ4v) is 0.987. The Hall–Kier alpha value is -0.920. The Morgan fingerprint density at radius 1 is 1.58 bits per heavy atom. The molecule has 0 bridgehead atoms. The van der Waals surface area contributed by atoms with Crippen LogP contribution in [0, 0.1) is 0 Å². The molecule has 0 atom stereocenters. The van der Waals surface area contributed by atoms with Crippen molar-refractivity contribution < 1.29 is 12.6 Å². The number of hydrogen-bond acceptors (Lipinski definition) is 4. The summed E-state index contributed by atoms with van der Waals surface area (Å²) in [6.07, 6.45) is 3.30. The zero-order chi connectivity index (χ0) is 9.03. The van der Waals surface area contributed by atoms with Gasteiger partial charge in [0.05, 0.1) is 13.2 Å². The van der Waals surface area contributed by atoms with Gasteiger partial charge in [-0.1, -0.05) is 0 Å². The van der Waals surface area contributed by atoms with Crippen molar-refractivity contribution in [3.63, 3.8) is 0 Å². The van der Waals surface area contributed by atoms with Gasteiger partial charge in [-0.25, -0.2) is 5.14 Å². The Morgan fingerprint density at radius 3 is 2.83 bits per heavy atom. The largest absolute Gasteiger partial charge is 0.333 e. The summed E-state index contributed by atoms with van der Waals surface area (Å²) in [4.78, 5) is 0. The van der Waals surface area contributed by atoms with Gasteiger partial charge in [-0.15, -0.1) is 0 Å². The minimum atomic E-state index is -3.82. The summed E-state index contributed by atoms with van der Waals surface area (Å²) in [6.45, 7) is 0.365. The Morgan fingerprint density at radius 2 is 2.33 bits per heavy atom. The first-order valence-corrected chi connectivity index (χ1v) is 4.70. The smallest absolute Gasteiger partial charge is 0.270 e. The number of rotatable bonds is 4. The molecular formula is C5H9N3O3S. The van der Waals surface area contributed by atoms with Crippen molar-refractivity contribution in [3.8, 4) is 0 Å². The lowest BCUT2D eigenvalue weighted by Crippen LogP contribution is -2.18. The molecule has 0 amide bonds. The Balaban J connectivity index is 2.29. The van der Waals surface area contributed by atoms with Crippen molar-refractivity contribution in [3.05, 3.63) is 18.5 Å². The van der Waals surface area contributed by atoms with Crippen LogP contribution in [0.3, 0.4) is 0 Å². The van der Waals surface area contributed by atoms with E-state index in [4.69, 9.17) is 0 Å². The van der Waals surface area contributed by atoms with Gasteiger partial charge in [-0.05, 0) is 6.07 Å². The number of hydrogen-bond donors (Lipinski definition) is 1. The first-order chi connectivity index (χ1) is 5.58. The highest BCUT2D eigenvalue weighted by Crippen LogP contribution is 1.87. The summed E-state index contributed by atoms with van der Waals surface area (Å²) in [5, 5.41) is 8.43. The minimum Gasteiger partial charge on any atom is -0.270 e. The minimum absolute atomic E-state index is 0.000509. The van der Waals surface area contributed by atoms with Crippen molar-refractivity contribution in [1.82, 2.24) is 9.78 Å². The van der Waals surface area contributed by atoms with E-state index in [-0.39, 0.29) is 6.61 Å². The summed E-state index contributed by atoms with van der Waals surface area (Å²) >= 11 is 0. The van der Waals surface area contributed by atoms with Crippen LogP contribution in [-0.2, 0) is 21.0 Å². The van der Waals surface area contributed by atoms with Gasteiger partial charge >= 0.3 is 10.3 Å².